The molecule has 0 aliphatic carbocycles. The summed E-state index contributed by atoms with van der Waals surface area (Å²) in [7, 11) is 0. The van der Waals surface area contributed by atoms with Crippen molar-refractivity contribution in [3.05, 3.63) is 35.2 Å². The zero-order valence-electron chi connectivity index (χ0n) is 6.58. The molecule has 0 atom stereocenters. The van der Waals surface area contributed by atoms with E-state index in [-0.39, 0.29) is 0 Å². The van der Waals surface area contributed by atoms with Gasteiger partial charge in [0.25, 0.3) is 0 Å². The molecule has 62 valence electrons. The van der Waals surface area contributed by atoms with Gasteiger partial charge in [0.2, 0.25) is 0 Å². The highest BCUT2D eigenvalue weighted by molar-refractivity contribution is 6.29. The maximum Gasteiger partial charge on any atom is 0.159 e. The van der Waals surface area contributed by atoms with Crippen LogP contribution in [-0.2, 0) is 0 Å². The van der Waals surface area contributed by atoms with Crippen molar-refractivity contribution < 1.29 is 0 Å². The number of nitrogens with zero attached hydrogens (tertiary/aromatic N) is 2. The lowest BCUT2D eigenvalue weighted by Gasteiger charge is -1.96. The van der Waals surface area contributed by atoms with Crippen LogP contribution >= 0.6 is 11.6 Å². The molecule has 0 fully saturated rings. The number of hydrogen-bond donors (Lipinski definition) is 1. The molecule has 0 aliphatic rings. The lowest BCUT2D eigenvalue weighted by molar-refractivity contribution is 0.956. The second-order valence-corrected chi connectivity index (χ2v) is 3.00. The third kappa shape index (κ3) is 1.12. The van der Waals surface area contributed by atoms with Crippen LogP contribution in [0.2, 0.25) is 5.15 Å². The van der Waals surface area contributed by atoms with E-state index in [2.05, 4.69) is 10.2 Å². The van der Waals surface area contributed by atoms with Gasteiger partial charge in [-0.2, -0.15) is 5.10 Å². The summed E-state index contributed by atoms with van der Waals surface area (Å²) >= 11 is 5.89. The van der Waals surface area contributed by atoms with Gasteiger partial charge in [-0.25, -0.2) is 0 Å². The molecule has 2 aromatic rings. The van der Waals surface area contributed by atoms with Crippen LogP contribution in [0, 0.1) is 6.92 Å². The van der Waals surface area contributed by atoms with Gasteiger partial charge in [0.05, 0.1) is 0 Å². The topological polar surface area (TPSA) is 33.6 Å². The van der Waals surface area contributed by atoms with Crippen LogP contribution in [0.15, 0.2) is 24.4 Å². The number of nitrogens with one attached hydrogen (secondary N) is 1. The van der Waals surface area contributed by atoms with Gasteiger partial charge in [0.15, 0.2) is 5.82 Å². The Balaban J connectivity index is 2.50. The Morgan fingerprint density at radius 1 is 1.58 bits per heavy atom. The first-order chi connectivity index (χ1) is 5.77. The standard InChI is InChI=1S/C8H8ClN3/c1-6-5-8(11-10-6)12-4-2-3-7(12)9/h2-5H,1H3,(H,10,11). The van der Waals surface area contributed by atoms with Gasteiger partial charge in [-0.15, -0.1) is 0 Å². The lowest BCUT2D eigenvalue weighted by Crippen LogP contribution is -1.90. The fraction of sp³-hybridized carbons (Fsp3) is 0.125. The van der Waals surface area contributed by atoms with Crippen molar-refractivity contribution in [2.45, 2.75) is 6.92 Å². The average Bonchev–Trinajstić information content (AvgIpc) is 2.58. The predicted molar refractivity (Wildman–Crippen MR) is 47.7 cm³/mol. The number of hydrogen-bond acceptors (Lipinski definition) is 1. The van der Waals surface area contributed by atoms with E-state index in [4.69, 9.17) is 11.6 Å². The molecule has 0 aromatic carbocycles. The van der Waals surface area contributed by atoms with Crippen LogP contribution in [0.5, 0.6) is 0 Å². The van der Waals surface area contributed by atoms with E-state index in [9.17, 15) is 0 Å². The fourth-order valence-corrected chi connectivity index (χ4v) is 1.29. The minimum absolute atomic E-state index is 0.668. The van der Waals surface area contributed by atoms with Gasteiger partial charge in [0.1, 0.15) is 5.15 Å². The van der Waals surface area contributed by atoms with E-state index in [0.717, 1.165) is 11.5 Å². The van der Waals surface area contributed by atoms with Crippen molar-refractivity contribution in [1.29, 1.82) is 0 Å². The van der Waals surface area contributed by atoms with E-state index >= 15 is 0 Å². The third-order valence-electron chi connectivity index (χ3n) is 1.64. The molecule has 0 bridgehead atoms. The molecule has 2 aromatic heterocycles. The molecule has 12 heavy (non-hydrogen) atoms. The Morgan fingerprint density at radius 3 is 2.92 bits per heavy atom. The van der Waals surface area contributed by atoms with Gasteiger partial charge in [-0.05, 0) is 19.1 Å². The van der Waals surface area contributed by atoms with Crippen molar-refractivity contribution >= 4 is 11.6 Å². The van der Waals surface area contributed by atoms with Gasteiger partial charge in [0, 0.05) is 18.0 Å². The number of aromatic amines is 1. The molecule has 3 nitrogen and oxygen atoms in total. The molecule has 4 heteroatoms. The van der Waals surface area contributed by atoms with E-state index in [1.165, 1.54) is 0 Å². The molecule has 0 unspecified atom stereocenters. The van der Waals surface area contributed by atoms with Gasteiger partial charge < -0.3 is 0 Å². The predicted octanol–water partition coefficient (Wildman–Crippen LogP) is 2.16. The van der Waals surface area contributed by atoms with Crippen LogP contribution in [0.1, 0.15) is 5.69 Å². The molecule has 0 radical (unpaired) electrons. The van der Waals surface area contributed by atoms with Crippen LogP contribution in [-0.4, -0.2) is 14.8 Å². The van der Waals surface area contributed by atoms with E-state index in [1.807, 2.05) is 35.9 Å². The molecular weight excluding hydrogens is 174 g/mol. The van der Waals surface area contributed by atoms with E-state index < -0.39 is 0 Å². The summed E-state index contributed by atoms with van der Waals surface area (Å²) in [5.74, 6) is 0.822. The number of halogens is 1. The van der Waals surface area contributed by atoms with Gasteiger partial charge in [-0.1, -0.05) is 11.6 Å². The number of aryl methyl sites for hydroxylation is 1. The van der Waals surface area contributed by atoms with Crippen LogP contribution in [0.4, 0.5) is 0 Å². The first-order valence-electron chi connectivity index (χ1n) is 3.62. The SMILES string of the molecule is Cc1cc(-n2cccc2Cl)n[nH]1. The monoisotopic (exact) mass is 181 g/mol. The molecule has 2 rings (SSSR count). The second-order valence-electron chi connectivity index (χ2n) is 2.61. The summed E-state index contributed by atoms with van der Waals surface area (Å²) in [6.07, 6.45) is 1.87. The highest BCUT2D eigenvalue weighted by atomic mass is 35.5. The number of aromatic nitrogens is 3. The van der Waals surface area contributed by atoms with Crippen LogP contribution in [0.3, 0.4) is 0 Å². The summed E-state index contributed by atoms with van der Waals surface area (Å²) in [6.45, 7) is 1.95. The highest BCUT2D eigenvalue weighted by Gasteiger charge is 2.02. The van der Waals surface area contributed by atoms with Crippen LogP contribution < -0.4 is 0 Å². The molecule has 2 heterocycles. The normalized spacial score (nSPS) is 10.5. The van der Waals surface area contributed by atoms with Crippen molar-refractivity contribution in [1.82, 2.24) is 14.8 Å². The molecule has 0 saturated carbocycles. The number of rotatable bonds is 1. The number of H-pyrrole nitrogens is 1. The summed E-state index contributed by atoms with van der Waals surface area (Å²) in [5, 5.41) is 7.60. The van der Waals surface area contributed by atoms with Crippen molar-refractivity contribution in [3.63, 3.8) is 0 Å². The zero-order valence-corrected chi connectivity index (χ0v) is 7.34. The summed E-state index contributed by atoms with van der Waals surface area (Å²) in [6, 6.07) is 5.64. The third-order valence-corrected chi connectivity index (χ3v) is 1.95. The zero-order chi connectivity index (χ0) is 8.55. The minimum Gasteiger partial charge on any atom is -0.290 e. The minimum atomic E-state index is 0.668. The Hall–Kier alpha value is -1.22. The van der Waals surface area contributed by atoms with Gasteiger partial charge >= 0.3 is 0 Å². The maximum atomic E-state index is 5.89. The fourth-order valence-electron chi connectivity index (χ4n) is 1.07. The highest BCUT2D eigenvalue weighted by Crippen LogP contribution is 2.15. The Morgan fingerprint density at radius 2 is 2.42 bits per heavy atom. The first-order valence-corrected chi connectivity index (χ1v) is 4.00. The summed E-state index contributed by atoms with van der Waals surface area (Å²) in [4.78, 5) is 0. The van der Waals surface area contributed by atoms with E-state index in [1.54, 1.807) is 0 Å². The smallest absolute Gasteiger partial charge is 0.159 e. The van der Waals surface area contributed by atoms with Crippen molar-refractivity contribution in [3.8, 4) is 5.82 Å². The molecule has 0 amide bonds. The Labute approximate surface area is 75.0 Å². The summed E-state index contributed by atoms with van der Waals surface area (Å²) < 4.78 is 1.81. The largest absolute Gasteiger partial charge is 0.290 e. The summed E-state index contributed by atoms with van der Waals surface area (Å²) in [5.41, 5.74) is 1.02. The van der Waals surface area contributed by atoms with Gasteiger partial charge in [-0.3, -0.25) is 9.67 Å². The lowest BCUT2D eigenvalue weighted by atomic mass is 10.5. The van der Waals surface area contributed by atoms with Crippen molar-refractivity contribution in [2.75, 3.05) is 0 Å². The molecule has 0 spiro atoms. The quantitative estimate of drug-likeness (QED) is 0.719. The van der Waals surface area contributed by atoms with Crippen molar-refractivity contribution in [2.24, 2.45) is 0 Å². The molecule has 0 aliphatic heterocycles. The molecular formula is C8H8ClN3. The molecule has 1 N–H and O–H groups in total. The first kappa shape index (κ1) is 7.43. The Bertz CT molecular complexity index is 388. The van der Waals surface area contributed by atoms with E-state index in [0.29, 0.717) is 5.15 Å². The molecule has 0 saturated heterocycles. The Kier molecular flexibility index (Phi) is 1.66. The second kappa shape index (κ2) is 2.68. The van der Waals surface area contributed by atoms with Crippen LogP contribution in [0.25, 0.3) is 5.82 Å². The average molecular weight is 182 g/mol. The maximum absolute atomic E-state index is 5.89.